The second-order valence-electron chi connectivity index (χ2n) is 6.70. The standard InChI is InChI=1S/C21H37NO4/c1-2-3-4-5-6-7-8-9-10-14-17-21(20-15-12-11-13-16-20)22(25-18-23)26-19-24/h11-13,15-16,21,23-24H,2-10,14,17-19H2,1H3. The SMILES string of the molecule is CCCCCCCCCCCCC(c1ccccc1)N(OCO)OCO. The number of hydroxylamine groups is 2. The summed E-state index contributed by atoms with van der Waals surface area (Å²) in [7, 11) is 0. The quantitative estimate of drug-likeness (QED) is 0.228. The van der Waals surface area contributed by atoms with Crippen molar-refractivity contribution in [2.24, 2.45) is 0 Å². The van der Waals surface area contributed by atoms with Gasteiger partial charge >= 0.3 is 0 Å². The molecule has 1 aromatic rings. The zero-order valence-electron chi connectivity index (χ0n) is 16.3. The molecule has 0 bridgehead atoms. The van der Waals surface area contributed by atoms with Crippen LogP contribution in [0, 0.1) is 0 Å². The average Bonchev–Trinajstić information content (AvgIpc) is 2.67. The lowest BCUT2D eigenvalue weighted by Crippen LogP contribution is -2.30. The van der Waals surface area contributed by atoms with Crippen LogP contribution in [-0.4, -0.2) is 29.0 Å². The van der Waals surface area contributed by atoms with E-state index in [9.17, 15) is 0 Å². The molecule has 0 aliphatic heterocycles. The van der Waals surface area contributed by atoms with E-state index >= 15 is 0 Å². The molecule has 0 aliphatic carbocycles. The van der Waals surface area contributed by atoms with Gasteiger partial charge in [0.05, 0.1) is 6.04 Å². The lowest BCUT2D eigenvalue weighted by molar-refractivity contribution is -0.424. The van der Waals surface area contributed by atoms with Gasteiger partial charge in [0.1, 0.15) is 0 Å². The van der Waals surface area contributed by atoms with Gasteiger partial charge < -0.3 is 10.2 Å². The van der Waals surface area contributed by atoms with Gasteiger partial charge in [-0.05, 0) is 12.0 Å². The molecule has 150 valence electrons. The smallest absolute Gasteiger partial charge is 0.166 e. The minimum absolute atomic E-state index is 0.149. The number of aliphatic hydroxyl groups excluding tert-OH is 2. The third kappa shape index (κ3) is 10.2. The van der Waals surface area contributed by atoms with Gasteiger partial charge in [0, 0.05) is 0 Å². The second kappa shape index (κ2) is 16.2. The number of hydrogen-bond acceptors (Lipinski definition) is 5. The first-order valence-corrected chi connectivity index (χ1v) is 10.1. The predicted molar refractivity (Wildman–Crippen MR) is 104 cm³/mol. The molecular weight excluding hydrogens is 330 g/mol. The molecule has 1 unspecified atom stereocenters. The highest BCUT2D eigenvalue weighted by Crippen LogP contribution is 2.27. The molecule has 26 heavy (non-hydrogen) atoms. The molecular formula is C21H37NO4. The number of unbranched alkanes of at least 4 members (excludes halogenated alkanes) is 9. The van der Waals surface area contributed by atoms with E-state index in [2.05, 4.69) is 6.92 Å². The molecule has 1 rings (SSSR count). The molecule has 0 aromatic heterocycles. The Morgan fingerprint density at radius 3 is 1.77 bits per heavy atom. The number of nitrogens with zero attached hydrogens (tertiary/aromatic N) is 1. The highest BCUT2D eigenvalue weighted by molar-refractivity contribution is 5.18. The van der Waals surface area contributed by atoms with Crippen LogP contribution < -0.4 is 0 Å². The summed E-state index contributed by atoms with van der Waals surface area (Å²) in [5.41, 5.74) is 1.05. The van der Waals surface area contributed by atoms with E-state index in [1.807, 2.05) is 30.3 Å². The van der Waals surface area contributed by atoms with Gasteiger partial charge in [-0.1, -0.05) is 107 Å². The van der Waals surface area contributed by atoms with Crippen LogP contribution in [0.3, 0.4) is 0 Å². The average molecular weight is 368 g/mol. The van der Waals surface area contributed by atoms with E-state index in [-0.39, 0.29) is 6.04 Å². The summed E-state index contributed by atoms with van der Waals surface area (Å²) in [4.78, 5) is 10.3. The van der Waals surface area contributed by atoms with Crippen molar-refractivity contribution >= 4 is 0 Å². The van der Waals surface area contributed by atoms with Gasteiger partial charge in [-0.2, -0.15) is 0 Å². The summed E-state index contributed by atoms with van der Waals surface area (Å²) < 4.78 is 0. The first-order chi connectivity index (χ1) is 12.8. The maximum Gasteiger partial charge on any atom is 0.166 e. The number of benzene rings is 1. The summed E-state index contributed by atoms with van der Waals surface area (Å²) in [5.74, 6) is 0. The van der Waals surface area contributed by atoms with E-state index in [1.54, 1.807) is 0 Å². The lowest BCUT2D eigenvalue weighted by atomic mass is 9.99. The van der Waals surface area contributed by atoms with E-state index in [1.165, 1.54) is 63.0 Å². The molecule has 1 atom stereocenters. The van der Waals surface area contributed by atoms with Crippen LogP contribution in [0.25, 0.3) is 0 Å². The molecule has 0 fully saturated rings. The van der Waals surface area contributed by atoms with Crippen LogP contribution in [0.15, 0.2) is 30.3 Å². The molecule has 5 heteroatoms. The van der Waals surface area contributed by atoms with Gasteiger partial charge in [0.15, 0.2) is 13.6 Å². The molecule has 0 aliphatic rings. The Balaban J connectivity index is 2.32. The molecule has 1 aromatic carbocycles. The minimum Gasteiger partial charge on any atom is -0.369 e. The van der Waals surface area contributed by atoms with Crippen LogP contribution in [0.1, 0.15) is 89.2 Å². The Bertz CT molecular complexity index is 410. The van der Waals surface area contributed by atoms with Gasteiger partial charge in [-0.15, -0.1) is 0 Å². The molecule has 0 saturated carbocycles. The van der Waals surface area contributed by atoms with E-state index < -0.39 is 13.6 Å². The Labute approximate surface area is 158 Å². The predicted octanol–water partition coefficient (Wildman–Crippen LogP) is 5.10. The molecule has 0 saturated heterocycles. The summed E-state index contributed by atoms with van der Waals surface area (Å²) in [6.07, 6.45) is 13.7. The van der Waals surface area contributed by atoms with Crippen LogP contribution in [0.5, 0.6) is 0 Å². The van der Waals surface area contributed by atoms with Gasteiger partial charge in [-0.3, -0.25) is 0 Å². The Kier molecular flexibility index (Phi) is 14.4. The molecule has 0 radical (unpaired) electrons. The first kappa shape index (κ1) is 23.1. The Hall–Kier alpha value is -0.980. The van der Waals surface area contributed by atoms with Crippen LogP contribution in [0.4, 0.5) is 0 Å². The molecule has 5 nitrogen and oxygen atoms in total. The van der Waals surface area contributed by atoms with Crippen LogP contribution in [0.2, 0.25) is 0 Å². The molecule has 0 amide bonds. The van der Waals surface area contributed by atoms with E-state index in [0.29, 0.717) is 0 Å². The van der Waals surface area contributed by atoms with E-state index in [4.69, 9.17) is 19.9 Å². The fraction of sp³-hybridized carbons (Fsp3) is 0.714. The highest BCUT2D eigenvalue weighted by atomic mass is 17.0. The monoisotopic (exact) mass is 367 g/mol. The maximum absolute atomic E-state index is 9.08. The Morgan fingerprint density at radius 1 is 0.769 bits per heavy atom. The molecule has 0 heterocycles. The zero-order chi connectivity index (χ0) is 18.9. The minimum atomic E-state index is -0.485. The van der Waals surface area contributed by atoms with Crippen molar-refractivity contribution in [3.05, 3.63) is 35.9 Å². The molecule has 2 N–H and O–H groups in total. The third-order valence-corrected chi connectivity index (χ3v) is 4.64. The first-order valence-electron chi connectivity index (χ1n) is 10.1. The normalized spacial score (nSPS) is 12.6. The van der Waals surface area contributed by atoms with Crippen LogP contribution >= 0.6 is 0 Å². The van der Waals surface area contributed by atoms with Gasteiger partial charge in [-0.25, -0.2) is 9.68 Å². The number of hydrogen-bond donors (Lipinski definition) is 2. The summed E-state index contributed by atoms with van der Waals surface area (Å²) in [5, 5.41) is 19.4. The maximum atomic E-state index is 9.08. The summed E-state index contributed by atoms with van der Waals surface area (Å²) >= 11 is 0. The van der Waals surface area contributed by atoms with Crippen molar-refractivity contribution in [3.63, 3.8) is 0 Å². The van der Waals surface area contributed by atoms with Gasteiger partial charge in [0.25, 0.3) is 0 Å². The molecule has 0 spiro atoms. The fourth-order valence-electron chi connectivity index (χ4n) is 3.23. The highest BCUT2D eigenvalue weighted by Gasteiger charge is 2.22. The number of rotatable bonds is 17. The van der Waals surface area contributed by atoms with Crippen molar-refractivity contribution in [2.75, 3.05) is 13.6 Å². The third-order valence-electron chi connectivity index (χ3n) is 4.64. The van der Waals surface area contributed by atoms with Crippen LogP contribution in [-0.2, 0) is 9.68 Å². The van der Waals surface area contributed by atoms with Crippen molar-refractivity contribution in [1.82, 2.24) is 5.23 Å². The number of aliphatic hydroxyl groups is 2. The van der Waals surface area contributed by atoms with E-state index in [0.717, 1.165) is 18.4 Å². The fourth-order valence-corrected chi connectivity index (χ4v) is 3.23. The summed E-state index contributed by atoms with van der Waals surface area (Å²) in [6, 6.07) is 9.77. The van der Waals surface area contributed by atoms with Crippen molar-refractivity contribution < 1.29 is 19.9 Å². The van der Waals surface area contributed by atoms with Gasteiger partial charge in [0.2, 0.25) is 0 Å². The largest absolute Gasteiger partial charge is 0.369 e. The van der Waals surface area contributed by atoms with Crippen molar-refractivity contribution in [3.8, 4) is 0 Å². The Morgan fingerprint density at radius 2 is 1.27 bits per heavy atom. The lowest BCUT2D eigenvalue weighted by Gasteiger charge is -2.28. The van der Waals surface area contributed by atoms with Crippen molar-refractivity contribution in [1.29, 1.82) is 0 Å². The summed E-state index contributed by atoms with van der Waals surface area (Å²) in [6.45, 7) is 1.28. The van der Waals surface area contributed by atoms with Crippen molar-refractivity contribution in [2.45, 2.75) is 83.6 Å². The zero-order valence-corrected chi connectivity index (χ0v) is 16.3. The topological polar surface area (TPSA) is 62.2 Å². The second-order valence-corrected chi connectivity index (χ2v) is 6.70.